The first-order chi connectivity index (χ1) is 13.6. The lowest BCUT2D eigenvalue weighted by atomic mass is 10.0. The summed E-state index contributed by atoms with van der Waals surface area (Å²) >= 11 is 0. The lowest BCUT2D eigenvalue weighted by molar-refractivity contribution is -0.115. The number of fused-ring (bicyclic) bond motifs is 1. The van der Waals surface area contributed by atoms with Gasteiger partial charge in [0.25, 0.3) is 0 Å². The van der Waals surface area contributed by atoms with Crippen molar-refractivity contribution < 1.29 is 14.3 Å². The Balaban J connectivity index is 1.73. The highest BCUT2D eigenvalue weighted by molar-refractivity contribution is 5.86. The number of aromatic nitrogens is 2. The van der Waals surface area contributed by atoms with E-state index in [1.165, 1.54) is 0 Å². The minimum atomic E-state index is -0.612. The molecule has 0 amide bonds. The van der Waals surface area contributed by atoms with Gasteiger partial charge in [-0.05, 0) is 55.2 Å². The van der Waals surface area contributed by atoms with Crippen LogP contribution in [0.3, 0.4) is 0 Å². The number of aromatic amines is 1. The third-order valence-electron chi connectivity index (χ3n) is 5.42. The Kier molecular flexibility index (Phi) is 5.05. The molecular weight excluding hydrogens is 354 g/mol. The predicted molar refractivity (Wildman–Crippen MR) is 109 cm³/mol. The number of H-pyrrole nitrogens is 1. The Morgan fingerprint density at radius 1 is 1.29 bits per heavy atom. The molecule has 3 aromatic rings. The molecule has 2 atom stereocenters. The van der Waals surface area contributed by atoms with Gasteiger partial charge in [-0.15, -0.1) is 0 Å². The number of rotatable bonds is 6. The predicted octanol–water partition coefficient (Wildman–Crippen LogP) is 4.07. The lowest BCUT2D eigenvalue weighted by Crippen LogP contribution is -2.34. The van der Waals surface area contributed by atoms with Gasteiger partial charge in [-0.1, -0.05) is 19.1 Å². The van der Waals surface area contributed by atoms with E-state index >= 15 is 0 Å². The summed E-state index contributed by atoms with van der Waals surface area (Å²) < 4.78 is 11.5. The first kappa shape index (κ1) is 18.5. The fourth-order valence-electron chi connectivity index (χ4n) is 3.80. The molecule has 2 aromatic carbocycles. The zero-order chi connectivity index (χ0) is 19.7. The molecule has 6 heteroatoms. The van der Waals surface area contributed by atoms with E-state index in [9.17, 15) is 4.79 Å². The van der Waals surface area contributed by atoms with Crippen LogP contribution in [0.25, 0.3) is 11.0 Å². The quantitative estimate of drug-likeness (QED) is 0.654. The SMILES string of the molecule is CCCOc1ccc([C@H]2COC(C=O)N2c2cc3[nH]cnc3c(C)c2C)cc1. The number of imidazole rings is 1. The van der Waals surface area contributed by atoms with Crippen molar-refractivity contribution in [1.82, 2.24) is 9.97 Å². The monoisotopic (exact) mass is 379 g/mol. The molecule has 0 radical (unpaired) electrons. The van der Waals surface area contributed by atoms with Crippen molar-refractivity contribution in [3.63, 3.8) is 0 Å². The molecule has 0 spiro atoms. The van der Waals surface area contributed by atoms with Gasteiger partial charge in [0.15, 0.2) is 12.5 Å². The van der Waals surface area contributed by atoms with E-state index in [2.05, 4.69) is 53.8 Å². The van der Waals surface area contributed by atoms with E-state index in [4.69, 9.17) is 9.47 Å². The molecule has 1 aliphatic rings. The van der Waals surface area contributed by atoms with Crippen molar-refractivity contribution in [1.29, 1.82) is 0 Å². The number of nitrogens with one attached hydrogen (secondary N) is 1. The normalized spacial score (nSPS) is 19.3. The van der Waals surface area contributed by atoms with Crippen LogP contribution in [0.5, 0.6) is 5.75 Å². The van der Waals surface area contributed by atoms with Crippen LogP contribution in [0.15, 0.2) is 36.7 Å². The highest BCUT2D eigenvalue weighted by Crippen LogP contribution is 2.39. The Hall–Kier alpha value is -2.86. The Morgan fingerprint density at radius 2 is 2.07 bits per heavy atom. The number of hydrogen-bond donors (Lipinski definition) is 1. The third kappa shape index (κ3) is 3.14. The average molecular weight is 379 g/mol. The number of carbonyl (C=O) groups excluding carboxylic acids is 1. The van der Waals surface area contributed by atoms with Gasteiger partial charge in [0, 0.05) is 5.69 Å². The van der Waals surface area contributed by atoms with Crippen molar-refractivity contribution in [2.24, 2.45) is 0 Å². The number of carbonyl (C=O) groups is 1. The van der Waals surface area contributed by atoms with Crippen LogP contribution in [0.4, 0.5) is 5.69 Å². The summed E-state index contributed by atoms with van der Waals surface area (Å²) in [5.74, 6) is 0.855. The van der Waals surface area contributed by atoms with E-state index in [1.807, 2.05) is 12.1 Å². The molecule has 0 saturated carbocycles. The zero-order valence-corrected chi connectivity index (χ0v) is 16.4. The van der Waals surface area contributed by atoms with Crippen LogP contribution < -0.4 is 9.64 Å². The smallest absolute Gasteiger partial charge is 0.187 e. The van der Waals surface area contributed by atoms with Crippen LogP contribution in [-0.4, -0.2) is 35.7 Å². The summed E-state index contributed by atoms with van der Waals surface area (Å²) in [7, 11) is 0. The Bertz CT molecular complexity index is 981. The fraction of sp³-hybridized carbons (Fsp3) is 0.364. The van der Waals surface area contributed by atoms with Gasteiger partial charge in [-0.3, -0.25) is 4.79 Å². The molecule has 0 bridgehead atoms. The molecule has 2 heterocycles. The van der Waals surface area contributed by atoms with E-state index < -0.39 is 6.23 Å². The molecule has 1 aliphatic heterocycles. The lowest BCUT2D eigenvalue weighted by Gasteiger charge is -2.30. The summed E-state index contributed by atoms with van der Waals surface area (Å²) in [6.07, 6.45) is 2.93. The summed E-state index contributed by atoms with van der Waals surface area (Å²) in [4.78, 5) is 21.4. The van der Waals surface area contributed by atoms with E-state index in [0.29, 0.717) is 13.2 Å². The number of ether oxygens (including phenoxy) is 2. The maximum atomic E-state index is 11.7. The van der Waals surface area contributed by atoms with E-state index in [0.717, 1.165) is 51.9 Å². The molecule has 1 N–H and O–H groups in total. The summed E-state index contributed by atoms with van der Waals surface area (Å²) in [5.41, 5.74) is 6.20. The Morgan fingerprint density at radius 3 is 2.79 bits per heavy atom. The number of benzene rings is 2. The first-order valence-electron chi connectivity index (χ1n) is 9.65. The van der Waals surface area contributed by atoms with Crippen molar-refractivity contribution in [3.05, 3.63) is 53.3 Å². The Labute approximate surface area is 164 Å². The minimum absolute atomic E-state index is 0.0473. The van der Waals surface area contributed by atoms with Crippen LogP contribution in [0.2, 0.25) is 0 Å². The summed E-state index contributed by atoms with van der Waals surface area (Å²) in [6, 6.07) is 10.1. The number of anilines is 1. The van der Waals surface area contributed by atoms with Gasteiger partial charge in [-0.25, -0.2) is 4.98 Å². The second-order valence-electron chi connectivity index (χ2n) is 7.14. The molecule has 28 heavy (non-hydrogen) atoms. The number of aryl methyl sites for hydroxylation is 1. The van der Waals surface area contributed by atoms with Crippen molar-refractivity contribution in [2.45, 2.75) is 39.5 Å². The second kappa shape index (κ2) is 7.64. The van der Waals surface area contributed by atoms with Gasteiger partial charge in [-0.2, -0.15) is 0 Å². The molecule has 1 saturated heterocycles. The van der Waals surface area contributed by atoms with Gasteiger partial charge < -0.3 is 19.4 Å². The number of aldehydes is 1. The summed E-state index contributed by atoms with van der Waals surface area (Å²) in [6.45, 7) is 7.37. The van der Waals surface area contributed by atoms with E-state index in [-0.39, 0.29) is 6.04 Å². The van der Waals surface area contributed by atoms with Crippen LogP contribution in [0.1, 0.15) is 36.1 Å². The largest absolute Gasteiger partial charge is 0.494 e. The molecule has 4 rings (SSSR count). The zero-order valence-electron chi connectivity index (χ0n) is 16.4. The topological polar surface area (TPSA) is 67.5 Å². The van der Waals surface area contributed by atoms with Gasteiger partial charge in [0.05, 0.1) is 36.6 Å². The maximum Gasteiger partial charge on any atom is 0.187 e. The number of nitrogens with zero attached hydrogens (tertiary/aromatic N) is 2. The maximum absolute atomic E-state index is 11.7. The highest BCUT2D eigenvalue weighted by Gasteiger charge is 2.36. The van der Waals surface area contributed by atoms with Crippen molar-refractivity contribution in [3.8, 4) is 5.75 Å². The molecule has 1 aromatic heterocycles. The number of hydrogen-bond acceptors (Lipinski definition) is 5. The minimum Gasteiger partial charge on any atom is -0.494 e. The average Bonchev–Trinajstić information content (AvgIpc) is 3.36. The fourth-order valence-corrected chi connectivity index (χ4v) is 3.80. The molecule has 1 fully saturated rings. The van der Waals surface area contributed by atoms with Crippen LogP contribution in [0, 0.1) is 13.8 Å². The van der Waals surface area contributed by atoms with Gasteiger partial charge in [0.2, 0.25) is 0 Å². The molecular formula is C22H25N3O3. The van der Waals surface area contributed by atoms with Crippen LogP contribution in [-0.2, 0) is 9.53 Å². The van der Waals surface area contributed by atoms with Gasteiger partial charge in [0.1, 0.15) is 5.75 Å². The van der Waals surface area contributed by atoms with Crippen LogP contribution >= 0.6 is 0 Å². The molecule has 146 valence electrons. The highest BCUT2D eigenvalue weighted by atomic mass is 16.5. The van der Waals surface area contributed by atoms with Crippen molar-refractivity contribution >= 4 is 23.0 Å². The second-order valence-corrected chi connectivity index (χ2v) is 7.14. The molecule has 6 nitrogen and oxygen atoms in total. The molecule has 0 aliphatic carbocycles. The molecule has 1 unspecified atom stereocenters. The summed E-state index contributed by atoms with van der Waals surface area (Å²) in [5, 5.41) is 0. The van der Waals surface area contributed by atoms with Gasteiger partial charge >= 0.3 is 0 Å². The van der Waals surface area contributed by atoms with Crippen molar-refractivity contribution in [2.75, 3.05) is 18.1 Å². The third-order valence-corrected chi connectivity index (χ3v) is 5.42. The standard InChI is InChI=1S/C22H25N3O3/c1-4-9-27-17-7-5-16(6-8-17)20-12-28-21(11-26)25(20)19-10-18-22(24-13-23-18)15(3)14(19)2/h5-8,10-11,13,20-21H,4,9,12H2,1-3H3,(H,23,24)/t20-,21?/m1/s1. The van der Waals surface area contributed by atoms with E-state index in [1.54, 1.807) is 6.33 Å². The first-order valence-corrected chi connectivity index (χ1v) is 9.65.